The molecule has 0 aliphatic carbocycles. The highest BCUT2D eigenvalue weighted by Crippen LogP contribution is 2.38. The van der Waals surface area contributed by atoms with E-state index in [2.05, 4.69) is 10.3 Å². The van der Waals surface area contributed by atoms with Crippen LogP contribution in [0.25, 0.3) is 0 Å². The fourth-order valence-corrected chi connectivity index (χ4v) is 3.75. The van der Waals surface area contributed by atoms with Crippen LogP contribution in [0.4, 0.5) is 5.69 Å². The molecule has 1 aliphatic rings. The first-order valence-electron chi connectivity index (χ1n) is 7.06. The van der Waals surface area contributed by atoms with Gasteiger partial charge >= 0.3 is 0 Å². The Balaban J connectivity index is 2.50. The van der Waals surface area contributed by atoms with Crippen LogP contribution in [0, 0.1) is 0 Å². The smallest absolute Gasteiger partial charge is 0.150 e. The first-order valence-corrected chi connectivity index (χ1v) is 10.4. The van der Waals surface area contributed by atoms with Gasteiger partial charge in [-0.2, -0.15) is 0 Å². The van der Waals surface area contributed by atoms with Crippen molar-refractivity contribution >= 4 is 47.2 Å². The number of nitrogens with one attached hydrogen (secondary N) is 1. The average molecular weight is 357 g/mol. The van der Waals surface area contributed by atoms with Crippen molar-refractivity contribution in [3.63, 3.8) is 0 Å². The summed E-state index contributed by atoms with van der Waals surface area (Å²) in [6, 6.07) is 7.39. The molecule has 0 unspecified atom stereocenters. The fraction of sp³-hybridized carbons (Fsp3) is 0.312. The molecule has 3 nitrogen and oxygen atoms in total. The predicted molar refractivity (Wildman–Crippen MR) is 97.5 cm³/mol. The van der Waals surface area contributed by atoms with Crippen LogP contribution in [-0.2, 0) is 4.57 Å². The number of halogens is 2. The van der Waals surface area contributed by atoms with Crippen molar-refractivity contribution in [1.29, 1.82) is 0 Å². The van der Waals surface area contributed by atoms with Crippen LogP contribution in [-0.4, -0.2) is 19.2 Å². The lowest BCUT2D eigenvalue weighted by Gasteiger charge is -2.12. The number of para-hydroxylation sites is 1. The molecule has 0 saturated carbocycles. The predicted octanol–water partition coefficient (Wildman–Crippen LogP) is 4.94. The molecule has 0 fully saturated rings. The van der Waals surface area contributed by atoms with Gasteiger partial charge in [-0.05, 0) is 43.9 Å². The zero-order valence-corrected chi connectivity index (χ0v) is 15.3. The Morgan fingerprint density at radius 3 is 2.59 bits per heavy atom. The number of allylic oxidation sites excluding steroid dienone is 2. The second-order valence-corrected chi connectivity index (χ2v) is 9.42. The highest BCUT2D eigenvalue weighted by molar-refractivity contribution is 7.70. The molecule has 22 heavy (non-hydrogen) atoms. The molecule has 1 aromatic rings. The summed E-state index contributed by atoms with van der Waals surface area (Å²) in [5.41, 5.74) is 1.73. The standard InChI is InChI=1S/C16H19Cl2N2OP/c1-4-11-9-10-12(17)16(20-15(11)18)19-13-7-5-6-8-14(13)22(2,3)21/h5-8,10H,4,9H2,1-3H3,(H,19,20). The minimum Gasteiger partial charge on any atom is -0.330 e. The minimum absolute atomic E-state index is 0.482. The summed E-state index contributed by atoms with van der Waals surface area (Å²) in [4.78, 5) is 4.56. The summed E-state index contributed by atoms with van der Waals surface area (Å²) >= 11 is 12.6. The minimum atomic E-state index is -2.43. The van der Waals surface area contributed by atoms with Crippen LogP contribution in [0.1, 0.15) is 19.8 Å². The summed E-state index contributed by atoms with van der Waals surface area (Å²) in [6.07, 6.45) is 3.43. The molecule has 2 rings (SSSR count). The Kier molecular flexibility index (Phi) is 5.55. The third-order valence-corrected chi connectivity index (χ3v) is 5.65. The van der Waals surface area contributed by atoms with Crippen LogP contribution in [0.15, 0.2) is 51.1 Å². The van der Waals surface area contributed by atoms with Gasteiger partial charge in [0.05, 0.1) is 10.7 Å². The molecule has 1 aliphatic heterocycles. The van der Waals surface area contributed by atoms with E-state index in [9.17, 15) is 4.57 Å². The lowest BCUT2D eigenvalue weighted by molar-refractivity contribution is 0.588. The van der Waals surface area contributed by atoms with E-state index in [1.54, 1.807) is 13.3 Å². The van der Waals surface area contributed by atoms with Crippen LogP contribution in [0.3, 0.4) is 0 Å². The number of nitrogens with zero attached hydrogens (tertiary/aromatic N) is 1. The van der Waals surface area contributed by atoms with Gasteiger partial charge < -0.3 is 9.88 Å². The molecule has 1 heterocycles. The third kappa shape index (κ3) is 4.04. The SMILES string of the molecule is CCC1=C(Cl)NC(=Nc2ccccc2P(C)(C)=O)C(Cl)=CC1. The van der Waals surface area contributed by atoms with Crippen molar-refractivity contribution in [2.45, 2.75) is 19.8 Å². The third-order valence-electron chi connectivity index (χ3n) is 3.41. The normalized spacial score (nSPS) is 18.0. The summed E-state index contributed by atoms with van der Waals surface area (Å²) in [6.45, 7) is 5.50. The van der Waals surface area contributed by atoms with E-state index < -0.39 is 7.14 Å². The van der Waals surface area contributed by atoms with Crippen molar-refractivity contribution in [3.8, 4) is 0 Å². The first-order chi connectivity index (χ1) is 10.3. The number of benzene rings is 1. The highest BCUT2D eigenvalue weighted by Gasteiger charge is 2.18. The van der Waals surface area contributed by atoms with Gasteiger partial charge in [-0.25, -0.2) is 4.99 Å². The molecule has 0 atom stereocenters. The number of aliphatic imine (C=N–C) groups is 1. The molecule has 6 heteroatoms. The molecule has 0 bridgehead atoms. The molecule has 0 amide bonds. The van der Waals surface area contributed by atoms with E-state index in [0.29, 0.717) is 28.1 Å². The topological polar surface area (TPSA) is 41.5 Å². The summed E-state index contributed by atoms with van der Waals surface area (Å²) < 4.78 is 12.4. The number of amidine groups is 1. The van der Waals surface area contributed by atoms with Gasteiger partial charge in [-0.3, -0.25) is 0 Å². The number of hydrogen-bond donors (Lipinski definition) is 1. The zero-order valence-electron chi connectivity index (χ0n) is 12.9. The monoisotopic (exact) mass is 356 g/mol. The Bertz CT molecular complexity index is 717. The Morgan fingerprint density at radius 1 is 1.27 bits per heavy atom. The Morgan fingerprint density at radius 2 is 1.95 bits per heavy atom. The first kappa shape index (κ1) is 17.3. The molecule has 0 radical (unpaired) electrons. The quantitative estimate of drug-likeness (QED) is 0.615. The Labute approximate surface area is 141 Å². The second-order valence-electron chi connectivity index (χ2n) is 5.45. The van der Waals surface area contributed by atoms with Gasteiger partial charge in [0, 0.05) is 5.30 Å². The molecular formula is C16H19Cl2N2OP. The van der Waals surface area contributed by atoms with E-state index in [1.165, 1.54) is 0 Å². The van der Waals surface area contributed by atoms with Gasteiger partial charge in [-0.15, -0.1) is 0 Å². The Hall–Kier alpha value is -1.02. The van der Waals surface area contributed by atoms with Gasteiger partial charge in [0.2, 0.25) is 0 Å². The molecule has 0 saturated heterocycles. The van der Waals surface area contributed by atoms with Gasteiger partial charge in [0.1, 0.15) is 18.1 Å². The van der Waals surface area contributed by atoms with E-state index in [-0.39, 0.29) is 0 Å². The lowest BCUT2D eigenvalue weighted by Crippen LogP contribution is -2.21. The van der Waals surface area contributed by atoms with Gasteiger partial charge in [-0.1, -0.05) is 48.3 Å². The van der Waals surface area contributed by atoms with Crippen molar-refractivity contribution in [1.82, 2.24) is 5.32 Å². The van der Waals surface area contributed by atoms with E-state index in [4.69, 9.17) is 23.2 Å². The van der Waals surface area contributed by atoms with Crippen LogP contribution in [0.2, 0.25) is 0 Å². The molecule has 0 spiro atoms. The molecule has 118 valence electrons. The largest absolute Gasteiger partial charge is 0.330 e. The highest BCUT2D eigenvalue weighted by atomic mass is 35.5. The molecule has 1 N–H and O–H groups in total. The van der Waals surface area contributed by atoms with Gasteiger partial charge in [0.25, 0.3) is 0 Å². The van der Waals surface area contributed by atoms with Crippen molar-refractivity contribution in [3.05, 3.63) is 46.1 Å². The van der Waals surface area contributed by atoms with Crippen LogP contribution >= 0.6 is 30.3 Å². The van der Waals surface area contributed by atoms with Crippen LogP contribution < -0.4 is 10.6 Å². The summed E-state index contributed by atoms with van der Waals surface area (Å²) in [5, 5.41) is 4.86. The van der Waals surface area contributed by atoms with Gasteiger partial charge in [0.15, 0.2) is 0 Å². The summed E-state index contributed by atoms with van der Waals surface area (Å²) in [7, 11) is -2.43. The average Bonchev–Trinajstić information content (AvgIpc) is 2.58. The second kappa shape index (κ2) is 7.04. The van der Waals surface area contributed by atoms with Crippen LogP contribution in [0.5, 0.6) is 0 Å². The molecule has 0 aromatic heterocycles. The van der Waals surface area contributed by atoms with E-state index >= 15 is 0 Å². The van der Waals surface area contributed by atoms with Crippen molar-refractivity contribution in [2.75, 3.05) is 13.3 Å². The number of hydrogen-bond acceptors (Lipinski definition) is 2. The molecule has 1 aromatic carbocycles. The van der Waals surface area contributed by atoms with E-state index in [0.717, 1.165) is 17.3 Å². The molecular weight excluding hydrogens is 338 g/mol. The number of rotatable bonds is 3. The maximum atomic E-state index is 12.4. The van der Waals surface area contributed by atoms with Crippen molar-refractivity contribution < 1.29 is 4.57 Å². The maximum Gasteiger partial charge on any atom is 0.150 e. The lowest BCUT2D eigenvalue weighted by atomic mass is 10.1. The summed E-state index contributed by atoms with van der Waals surface area (Å²) in [5.74, 6) is 0.482. The van der Waals surface area contributed by atoms with E-state index in [1.807, 2.05) is 37.3 Å². The fourth-order valence-electron chi connectivity index (χ4n) is 2.17. The van der Waals surface area contributed by atoms with Crippen molar-refractivity contribution in [2.24, 2.45) is 4.99 Å². The zero-order chi connectivity index (χ0) is 16.3. The maximum absolute atomic E-state index is 12.4.